The molecule has 1 atom stereocenters. The van der Waals surface area contributed by atoms with E-state index in [0.717, 1.165) is 22.6 Å². The molecule has 1 aromatic heterocycles. The molecule has 0 fully saturated rings. The van der Waals surface area contributed by atoms with E-state index in [1.165, 1.54) is 16.0 Å². The summed E-state index contributed by atoms with van der Waals surface area (Å²) in [5, 5.41) is 5.23. The van der Waals surface area contributed by atoms with Crippen LogP contribution in [0.5, 0.6) is 5.75 Å². The van der Waals surface area contributed by atoms with Gasteiger partial charge >= 0.3 is 0 Å². The Hall–Kier alpha value is -2.59. The van der Waals surface area contributed by atoms with Gasteiger partial charge in [-0.05, 0) is 30.2 Å². The summed E-state index contributed by atoms with van der Waals surface area (Å²) in [6, 6.07) is 16.4. The highest BCUT2D eigenvalue weighted by Crippen LogP contribution is 2.46. The average Bonchev–Trinajstić information content (AvgIpc) is 3.04. The lowest BCUT2D eigenvalue weighted by atomic mass is 9.88. The minimum absolute atomic E-state index is 0.0761. The molecule has 25 heavy (non-hydrogen) atoms. The fourth-order valence-electron chi connectivity index (χ4n) is 3.37. The lowest BCUT2D eigenvalue weighted by Gasteiger charge is -2.24. The minimum atomic E-state index is 0.0761. The molecular formula is C21H19NO2S. The van der Waals surface area contributed by atoms with Gasteiger partial charge in [-0.15, -0.1) is 11.3 Å². The highest BCUT2D eigenvalue weighted by Gasteiger charge is 2.30. The number of carbonyl (C=O) groups is 1. The molecule has 0 saturated carbocycles. The van der Waals surface area contributed by atoms with Crippen molar-refractivity contribution in [1.29, 1.82) is 0 Å². The lowest BCUT2D eigenvalue weighted by molar-refractivity contribution is -0.116. The Bertz CT molecular complexity index is 927. The second-order valence-electron chi connectivity index (χ2n) is 6.34. The Morgan fingerprint density at radius 1 is 1.16 bits per heavy atom. The van der Waals surface area contributed by atoms with Crippen LogP contribution in [0.25, 0.3) is 11.1 Å². The first kappa shape index (κ1) is 15.9. The fourth-order valence-corrected chi connectivity index (χ4v) is 4.53. The van der Waals surface area contributed by atoms with Crippen molar-refractivity contribution in [3.63, 3.8) is 0 Å². The van der Waals surface area contributed by atoms with Crippen LogP contribution in [0.4, 0.5) is 5.69 Å². The number of thiophene rings is 1. The summed E-state index contributed by atoms with van der Waals surface area (Å²) < 4.78 is 5.24. The quantitative estimate of drug-likeness (QED) is 0.705. The molecule has 4 rings (SSSR count). The SMILES string of the molecule is COc1ccc(-c2csc3c2NC(=O)CC3c2cccc(C)c2)cc1. The molecule has 2 aromatic carbocycles. The van der Waals surface area contributed by atoms with E-state index in [4.69, 9.17) is 4.74 Å². The number of hydrogen-bond acceptors (Lipinski definition) is 3. The van der Waals surface area contributed by atoms with Crippen LogP contribution in [0.2, 0.25) is 0 Å². The van der Waals surface area contributed by atoms with Gasteiger partial charge in [0, 0.05) is 28.2 Å². The van der Waals surface area contributed by atoms with Gasteiger partial charge in [-0.3, -0.25) is 4.79 Å². The third kappa shape index (κ3) is 2.94. The van der Waals surface area contributed by atoms with E-state index in [9.17, 15) is 4.79 Å². The van der Waals surface area contributed by atoms with Crippen molar-refractivity contribution in [2.45, 2.75) is 19.3 Å². The zero-order valence-corrected chi connectivity index (χ0v) is 15.0. The normalized spacial score (nSPS) is 16.2. The predicted molar refractivity (Wildman–Crippen MR) is 103 cm³/mol. The van der Waals surface area contributed by atoms with Crippen LogP contribution in [-0.2, 0) is 4.79 Å². The number of aryl methyl sites for hydroxylation is 1. The smallest absolute Gasteiger partial charge is 0.225 e. The third-order valence-electron chi connectivity index (χ3n) is 4.64. The van der Waals surface area contributed by atoms with Crippen molar-refractivity contribution in [1.82, 2.24) is 0 Å². The molecule has 1 aliphatic heterocycles. The first-order chi connectivity index (χ1) is 12.2. The highest BCUT2D eigenvalue weighted by molar-refractivity contribution is 7.11. The van der Waals surface area contributed by atoms with Crippen LogP contribution >= 0.6 is 11.3 Å². The van der Waals surface area contributed by atoms with E-state index < -0.39 is 0 Å². The average molecular weight is 349 g/mol. The summed E-state index contributed by atoms with van der Waals surface area (Å²) in [7, 11) is 1.66. The minimum Gasteiger partial charge on any atom is -0.497 e. The summed E-state index contributed by atoms with van der Waals surface area (Å²) in [6.45, 7) is 2.09. The van der Waals surface area contributed by atoms with Crippen LogP contribution < -0.4 is 10.1 Å². The van der Waals surface area contributed by atoms with Crippen molar-refractivity contribution in [3.05, 3.63) is 69.9 Å². The summed E-state index contributed by atoms with van der Waals surface area (Å²) in [4.78, 5) is 13.6. The molecule has 0 bridgehead atoms. The van der Waals surface area contributed by atoms with E-state index in [1.807, 2.05) is 24.3 Å². The highest BCUT2D eigenvalue weighted by atomic mass is 32.1. The largest absolute Gasteiger partial charge is 0.497 e. The number of fused-ring (bicyclic) bond motifs is 1. The lowest BCUT2D eigenvalue weighted by Crippen LogP contribution is -2.22. The van der Waals surface area contributed by atoms with Gasteiger partial charge in [0.25, 0.3) is 0 Å². The van der Waals surface area contributed by atoms with Crippen molar-refractivity contribution in [2.24, 2.45) is 0 Å². The molecule has 1 unspecified atom stereocenters. The molecular weight excluding hydrogens is 330 g/mol. The summed E-state index contributed by atoms with van der Waals surface area (Å²) in [5.41, 5.74) is 5.55. The van der Waals surface area contributed by atoms with Gasteiger partial charge in [0.15, 0.2) is 0 Å². The number of hydrogen-bond donors (Lipinski definition) is 1. The molecule has 0 radical (unpaired) electrons. The molecule has 1 aliphatic rings. The zero-order valence-electron chi connectivity index (χ0n) is 14.2. The maximum atomic E-state index is 12.3. The molecule has 1 amide bonds. The number of amides is 1. The van der Waals surface area contributed by atoms with Crippen molar-refractivity contribution >= 4 is 22.9 Å². The topological polar surface area (TPSA) is 38.3 Å². The molecule has 2 heterocycles. The van der Waals surface area contributed by atoms with E-state index in [-0.39, 0.29) is 11.8 Å². The summed E-state index contributed by atoms with van der Waals surface area (Å²) >= 11 is 1.72. The first-order valence-electron chi connectivity index (χ1n) is 8.28. The first-order valence-corrected chi connectivity index (χ1v) is 9.16. The van der Waals surface area contributed by atoms with Gasteiger partial charge in [0.1, 0.15) is 5.75 Å². The second-order valence-corrected chi connectivity index (χ2v) is 7.25. The number of methoxy groups -OCH3 is 1. The predicted octanol–water partition coefficient (Wildman–Crippen LogP) is 5.21. The van der Waals surface area contributed by atoms with Crippen molar-refractivity contribution < 1.29 is 9.53 Å². The van der Waals surface area contributed by atoms with Crippen LogP contribution in [0.15, 0.2) is 53.9 Å². The number of rotatable bonds is 3. The third-order valence-corrected chi connectivity index (χ3v) is 5.73. The zero-order chi connectivity index (χ0) is 17.4. The monoisotopic (exact) mass is 349 g/mol. The Morgan fingerprint density at radius 2 is 1.96 bits per heavy atom. The van der Waals surface area contributed by atoms with Crippen LogP contribution in [0, 0.1) is 6.92 Å². The maximum absolute atomic E-state index is 12.3. The Morgan fingerprint density at radius 3 is 2.68 bits per heavy atom. The van der Waals surface area contributed by atoms with Crippen molar-refractivity contribution in [2.75, 3.05) is 12.4 Å². The van der Waals surface area contributed by atoms with Gasteiger partial charge in [-0.1, -0.05) is 42.0 Å². The Balaban J connectivity index is 1.78. The van der Waals surface area contributed by atoms with Gasteiger partial charge in [-0.2, -0.15) is 0 Å². The van der Waals surface area contributed by atoms with Gasteiger partial charge < -0.3 is 10.1 Å². The van der Waals surface area contributed by atoms with Crippen LogP contribution in [-0.4, -0.2) is 13.0 Å². The summed E-state index contributed by atoms with van der Waals surface area (Å²) in [5.74, 6) is 1.03. The number of nitrogens with one attached hydrogen (secondary N) is 1. The van der Waals surface area contributed by atoms with Gasteiger partial charge in [-0.25, -0.2) is 0 Å². The summed E-state index contributed by atoms with van der Waals surface area (Å²) in [6.07, 6.45) is 0.499. The van der Waals surface area contributed by atoms with Crippen LogP contribution in [0.3, 0.4) is 0 Å². The second kappa shape index (κ2) is 6.37. The molecule has 1 N–H and O–H groups in total. The molecule has 4 heteroatoms. The molecule has 126 valence electrons. The maximum Gasteiger partial charge on any atom is 0.225 e. The standard InChI is InChI=1S/C21H19NO2S/c1-13-4-3-5-15(10-13)17-11-19(23)22-20-18(12-25-21(17)20)14-6-8-16(24-2)9-7-14/h3-10,12,17H,11H2,1-2H3,(H,22,23). The van der Waals surface area contributed by atoms with E-state index in [1.54, 1.807) is 18.4 Å². The molecule has 0 spiro atoms. The van der Waals surface area contributed by atoms with Gasteiger partial charge in [0.2, 0.25) is 5.91 Å². The van der Waals surface area contributed by atoms with Crippen molar-refractivity contribution in [3.8, 4) is 16.9 Å². The molecule has 3 aromatic rings. The van der Waals surface area contributed by atoms with E-state index in [0.29, 0.717) is 6.42 Å². The number of benzene rings is 2. The molecule has 3 nitrogen and oxygen atoms in total. The van der Waals surface area contributed by atoms with Crippen LogP contribution in [0.1, 0.15) is 28.3 Å². The Kier molecular flexibility index (Phi) is 4.06. The number of carbonyl (C=O) groups excluding carboxylic acids is 1. The number of anilines is 1. The molecule has 0 aliphatic carbocycles. The fraction of sp³-hybridized carbons (Fsp3) is 0.190. The van der Waals surface area contributed by atoms with Gasteiger partial charge in [0.05, 0.1) is 12.8 Å². The molecule has 0 saturated heterocycles. The Labute approximate surface area is 151 Å². The van der Waals surface area contributed by atoms with E-state index >= 15 is 0 Å². The number of ether oxygens (including phenoxy) is 1. The van der Waals surface area contributed by atoms with E-state index in [2.05, 4.69) is 41.9 Å².